The second-order valence-electron chi connectivity index (χ2n) is 6.53. The van der Waals surface area contributed by atoms with Crippen LogP contribution < -0.4 is 5.32 Å². The summed E-state index contributed by atoms with van der Waals surface area (Å²) in [4.78, 5) is 12.2. The molecule has 122 valence electrons. The van der Waals surface area contributed by atoms with Crippen LogP contribution in [0.3, 0.4) is 0 Å². The summed E-state index contributed by atoms with van der Waals surface area (Å²) in [7, 11) is 0. The van der Waals surface area contributed by atoms with Crippen molar-refractivity contribution in [3.63, 3.8) is 0 Å². The molecule has 1 heterocycles. The van der Waals surface area contributed by atoms with Crippen LogP contribution >= 0.6 is 11.8 Å². The standard InChI is InChI=1S/C16H26N4OS/c1-3-5-14-18-19-16(20(14)4-2)22-10-15(21)17-13-9-11-6-7-12(13)8-11/h11-13H,3-10H2,1-2H3,(H,17,21)/t11-,12-,13+/m0/s1. The van der Waals surface area contributed by atoms with Gasteiger partial charge in [-0.2, -0.15) is 0 Å². The summed E-state index contributed by atoms with van der Waals surface area (Å²) in [5.74, 6) is 3.21. The number of carbonyl (C=O) groups is 1. The lowest BCUT2D eigenvalue weighted by atomic mass is 9.95. The highest BCUT2D eigenvalue weighted by Crippen LogP contribution is 2.44. The van der Waals surface area contributed by atoms with Gasteiger partial charge < -0.3 is 9.88 Å². The Bertz CT molecular complexity index is 530. The van der Waals surface area contributed by atoms with Crippen molar-refractivity contribution in [2.75, 3.05) is 5.75 Å². The third kappa shape index (κ3) is 3.31. The average Bonchev–Trinajstić information content (AvgIpc) is 3.20. The molecule has 22 heavy (non-hydrogen) atoms. The first-order valence-corrected chi connectivity index (χ1v) is 9.54. The van der Waals surface area contributed by atoms with Crippen molar-refractivity contribution in [1.29, 1.82) is 0 Å². The number of rotatable bonds is 7. The topological polar surface area (TPSA) is 59.8 Å². The summed E-state index contributed by atoms with van der Waals surface area (Å²) in [5.41, 5.74) is 0. The summed E-state index contributed by atoms with van der Waals surface area (Å²) in [6, 6.07) is 0.423. The maximum Gasteiger partial charge on any atom is 0.230 e. The van der Waals surface area contributed by atoms with Crippen LogP contribution in [-0.4, -0.2) is 32.5 Å². The zero-order valence-electron chi connectivity index (χ0n) is 13.5. The fourth-order valence-electron chi connectivity index (χ4n) is 3.95. The molecule has 0 unspecified atom stereocenters. The van der Waals surface area contributed by atoms with E-state index in [9.17, 15) is 4.79 Å². The van der Waals surface area contributed by atoms with Crippen LogP contribution in [0.5, 0.6) is 0 Å². The van der Waals surface area contributed by atoms with Crippen LogP contribution in [0.1, 0.15) is 51.8 Å². The second kappa shape index (κ2) is 7.02. The van der Waals surface area contributed by atoms with Gasteiger partial charge in [-0.05, 0) is 44.4 Å². The zero-order valence-corrected chi connectivity index (χ0v) is 14.4. The van der Waals surface area contributed by atoms with Gasteiger partial charge in [-0.15, -0.1) is 10.2 Å². The Hall–Kier alpha value is -1.04. The lowest BCUT2D eigenvalue weighted by molar-refractivity contribution is -0.119. The van der Waals surface area contributed by atoms with Crippen molar-refractivity contribution in [2.45, 2.75) is 70.1 Å². The number of nitrogens with zero attached hydrogens (tertiary/aromatic N) is 3. The molecule has 6 heteroatoms. The number of nitrogens with one attached hydrogen (secondary N) is 1. The van der Waals surface area contributed by atoms with E-state index in [1.54, 1.807) is 0 Å². The van der Waals surface area contributed by atoms with Gasteiger partial charge in [-0.1, -0.05) is 25.1 Å². The Kier molecular flexibility index (Phi) is 5.06. The van der Waals surface area contributed by atoms with E-state index in [4.69, 9.17) is 0 Å². The molecule has 1 aromatic rings. The molecule has 0 aromatic carbocycles. The predicted molar refractivity (Wildman–Crippen MR) is 87.8 cm³/mol. The van der Waals surface area contributed by atoms with Gasteiger partial charge in [0.05, 0.1) is 5.75 Å². The minimum Gasteiger partial charge on any atom is -0.352 e. The largest absolute Gasteiger partial charge is 0.352 e. The summed E-state index contributed by atoms with van der Waals surface area (Å²) in [5, 5.41) is 12.6. The highest BCUT2D eigenvalue weighted by Gasteiger charge is 2.40. The molecule has 3 rings (SSSR count). The highest BCUT2D eigenvalue weighted by molar-refractivity contribution is 7.99. The van der Waals surface area contributed by atoms with Crippen LogP contribution in [0, 0.1) is 11.8 Å². The molecule has 1 aromatic heterocycles. The molecule has 2 fully saturated rings. The zero-order chi connectivity index (χ0) is 15.5. The number of hydrogen-bond donors (Lipinski definition) is 1. The number of fused-ring (bicyclic) bond motifs is 2. The summed E-state index contributed by atoms with van der Waals surface area (Å²) >= 11 is 1.51. The van der Waals surface area contributed by atoms with Crippen LogP contribution in [-0.2, 0) is 17.8 Å². The number of aromatic nitrogens is 3. The molecular weight excluding hydrogens is 296 g/mol. The average molecular weight is 322 g/mol. The third-order valence-corrected chi connectivity index (χ3v) is 5.97. The smallest absolute Gasteiger partial charge is 0.230 e. The summed E-state index contributed by atoms with van der Waals surface area (Å²) in [6.45, 7) is 5.10. The SMILES string of the molecule is CCCc1nnc(SCC(=O)N[C@@H]2C[C@H]3CC[C@H]2C3)n1CC. The summed E-state index contributed by atoms with van der Waals surface area (Å²) in [6.07, 6.45) is 7.18. The van der Waals surface area contributed by atoms with Gasteiger partial charge >= 0.3 is 0 Å². The van der Waals surface area contributed by atoms with Crippen molar-refractivity contribution in [3.8, 4) is 0 Å². The van der Waals surface area contributed by atoms with Crippen LogP contribution in [0.4, 0.5) is 0 Å². The molecule has 2 saturated carbocycles. The van der Waals surface area contributed by atoms with Gasteiger partial charge in [-0.25, -0.2) is 0 Å². The van der Waals surface area contributed by atoms with Gasteiger partial charge in [-0.3, -0.25) is 4.79 Å². The number of carbonyl (C=O) groups excluding carboxylic acids is 1. The van der Waals surface area contributed by atoms with Crippen molar-refractivity contribution in [3.05, 3.63) is 5.82 Å². The molecule has 1 N–H and O–H groups in total. The molecule has 0 aliphatic heterocycles. The van der Waals surface area contributed by atoms with E-state index in [-0.39, 0.29) is 5.91 Å². The van der Waals surface area contributed by atoms with Crippen LogP contribution in [0.15, 0.2) is 5.16 Å². The van der Waals surface area contributed by atoms with Gasteiger partial charge in [0.15, 0.2) is 5.16 Å². The van der Waals surface area contributed by atoms with E-state index in [1.165, 1.54) is 37.4 Å². The molecule has 3 atom stereocenters. The first-order valence-electron chi connectivity index (χ1n) is 8.55. The monoisotopic (exact) mass is 322 g/mol. The van der Waals surface area contributed by atoms with E-state index >= 15 is 0 Å². The molecule has 2 bridgehead atoms. The first kappa shape index (κ1) is 15.8. The van der Waals surface area contributed by atoms with Gasteiger partial charge in [0.25, 0.3) is 0 Å². The van der Waals surface area contributed by atoms with E-state index in [1.807, 2.05) is 0 Å². The van der Waals surface area contributed by atoms with Gasteiger partial charge in [0.2, 0.25) is 5.91 Å². The Balaban J connectivity index is 1.50. The Labute approximate surface area is 136 Å². The minimum atomic E-state index is 0.144. The molecular formula is C16H26N4OS. The van der Waals surface area contributed by atoms with E-state index in [2.05, 4.69) is 33.9 Å². The quantitative estimate of drug-likeness (QED) is 0.784. The predicted octanol–water partition coefficient (Wildman–Crippen LogP) is 2.65. The fourth-order valence-corrected chi connectivity index (χ4v) is 4.78. The molecule has 2 aliphatic carbocycles. The highest BCUT2D eigenvalue weighted by atomic mass is 32.2. The molecule has 1 amide bonds. The number of hydrogen-bond acceptors (Lipinski definition) is 4. The Morgan fingerprint density at radius 2 is 2.18 bits per heavy atom. The first-order chi connectivity index (χ1) is 10.7. The van der Waals surface area contributed by atoms with Crippen molar-refractivity contribution >= 4 is 17.7 Å². The molecule has 0 spiro atoms. The Morgan fingerprint density at radius 3 is 2.82 bits per heavy atom. The van der Waals surface area contributed by atoms with E-state index < -0.39 is 0 Å². The van der Waals surface area contributed by atoms with Crippen molar-refractivity contribution in [1.82, 2.24) is 20.1 Å². The van der Waals surface area contributed by atoms with Gasteiger partial charge in [0.1, 0.15) is 5.82 Å². The fraction of sp³-hybridized carbons (Fsp3) is 0.812. The Morgan fingerprint density at radius 1 is 1.32 bits per heavy atom. The number of thioether (sulfide) groups is 1. The normalized spacial score (nSPS) is 26.5. The van der Waals surface area contributed by atoms with E-state index in [0.717, 1.165) is 42.2 Å². The van der Waals surface area contributed by atoms with Crippen molar-refractivity contribution in [2.24, 2.45) is 11.8 Å². The van der Waals surface area contributed by atoms with Gasteiger partial charge in [0, 0.05) is 19.0 Å². The molecule has 0 saturated heterocycles. The van der Waals surface area contributed by atoms with Crippen LogP contribution in [0.25, 0.3) is 0 Å². The van der Waals surface area contributed by atoms with Crippen LogP contribution in [0.2, 0.25) is 0 Å². The van der Waals surface area contributed by atoms with E-state index in [0.29, 0.717) is 11.8 Å². The number of aryl methyl sites for hydroxylation is 1. The lowest BCUT2D eigenvalue weighted by Gasteiger charge is -2.22. The van der Waals surface area contributed by atoms with Crippen molar-refractivity contribution < 1.29 is 4.79 Å². The maximum absolute atomic E-state index is 12.2. The number of amides is 1. The summed E-state index contributed by atoms with van der Waals surface area (Å²) < 4.78 is 2.12. The lowest BCUT2D eigenvalue weighted by Crippen LogP contribution is -2.39. The third-order valence-electron chi connectivity index (χ3n) is 5.00. The minimum absolute atomic E-state index is 0.144. The molecule has 0 radical (unpaired) electrons. The molecule has 2 aliphatic rings. The maximum atomic E-state index is 12.2. The molecule has 5 nitrogen and oxygen atoms in total. The second-order valence-corrected chi connectivity index (χ2v) is 7.47.